The summed E-state index contributed by atoms with van der Waals surface area (Å²) >= 11 is 1.45. The van der Waals surface area contributed by atoms with Gasteiger partial charge in [-0.3, -0.25) is 0 Å². The molecule has 0 N–H and O–H groups in total. The minimum atomic E-state index is 0.472. The van der Waals surface area contributed by atoms with E-state index >= 15 is 0 Å². The minimum Gasteiger partial charge on any atom is -0.497 e. The van der Waals surface area contributed by atoms with Crippen molar-refractivity contribution in [2.45, 2.75) is 6.61 Å². The molecule has 1 saturated heterocycles. The second-order valence-electron chi connectivity index (χ2n) is 5.10. The van der Waals surface area contributed by atoms with Crippen LogP contribution in [0.2, 0.25) is 0 Å². The predicted molar refractivity (Wildman–Crippen MR) is 88.0 cm³/mol. The van der Waals surface area contributed by atoms with Gasteiger partial charge in [0.1, 0.15) is 12.4 Å². The SMILES string of the molecule is COCc1nsc(N2CCN(c3cccc(OC)c3)CC2)n1. The van der Waals surface area contributed by atoms with Crippen LogP contribution in [0.1, 0.15) is 5.82 Å². The van der Waals surface area contributed by atoms with Gasteiger partial charge >= 0.3 is 0 Å². The Kier molecular flexibility index (Phi) is 4.74. The molecule has 7 heteroatoms. The zero-order valence-corrected chi connectivity index (χ0v) is 13.7. The van der Waals surface area contributed by atoms with Crippen LogP contribution in [0.15, 0.2) is 24.3 Å². The highest BCUT2D eigenvalue weighted by Gasteiger charge is 2.20. The number of aromatic nitrogens is 2. The van der Waals surface area contributed by atoms with Gasteiger partial charge < -0.3 is 19.3 Å². The molecule has 0 unspecified atom stereocenters. The van der Waals surface area contributed by atoms with Gasteiger partial charge in [-0.05, 0) is 12.1 Å². The summed E-state index contributed by atoms with van der Waals surface area (Å²) in [5.74, 6) is 1.66. The molecule has 118 valence electrons. The summed E-state index contributed by atoms with van der Waals surface area (Å²) in [4.78, 5) is 9.18. The molecule has 6 nitrogen and oxygen atoms in total. The molecule has 3 rings (SSSR count). The van der Waals surface area contributed by atoms with E-state index in [0.717, 1.165) is 42.9 Å². The van der Waals surface area contributed by atoms with E-state index in [1.165, 1.54) is 17.2 Å². The van der Waals surface area contributed by atoms with Crippen LogP contribution in [0.25, 0.3) is 0 Å². The number of benzene rings is 1. The lowest BCUT2D eigenvalue weighted by Crippen LogP contribution is -2.46. The predicted octanol–water partition coefficient (Wildman–Crippen LogP) is 2.02. The van der Waals surface area contributed by atoms with Crippen molar-refractivity contribution in [3.63, 3.8) is 0 Å². The molecule has 0 spiro atoms. The standard InChI is InChI=1S/C15H20N4O2S/c1-20-11-14-16-15(22-17-14)19-8-6-18(7-9-19)12-4-3-5-13(10-12)21-2/h3-5,10H,6-9,11H2,1-2H3. The van der Waals surface area contributed by atoms with Gasteiger partial charge in [-0.2, -0.15) is 4.37 Å². The number of hydrogen-bond donors (Lipinski definition) is 0. The van der Waals surface area contributed by atoms with Gasteiger partial charge in [0.05, 0.1) is 7.11 Å². The largest absolute Gasteiger partial charge is 0.497 e. The fraction of sp³-hybridized carbons (Fsp3) is 0.467. The third-order valence-electron chi connectivity index (χ3n) is 3.70. The molecule has 1 aromatic heterocycles. The third-order valence-corrected chi connectivity index (χ3v) is 4.51. The first-order chi connectivity index (χ1) is 10.8. The number of rotatable bonds is 5. The van der Waals surface area contributed by atoms with E-state index in [1.54, 1.807) is 14.2 Å². The van der Waals surface area contributed by atoms with Crippen LogP contribution < -0.4 is 14.5 Å². The normalized spacial score (nSPS) is 15.2. The zero-order valence-electron chi connectivity index (χ0n) is 12.9. The van der Waals surface area contributed by atoms with E-state index in [9.17, 15) is 0 Å². The quantitative estimate of drug-likeness (QED) is 0.840. The lowest BCUT2D eigenvalue weighted by molar-refractivity contribution is 0.179. The summed E-state index contributed by atoms with van der Waals surface area (Å²) in [6, 6.07) is 8.21. The van der Waals surface area contributed by atoms with Crippen molar-refractivity contribution in [2.24, 2.45) is 0 Å². The Balaban J connectivity index is 1.61. The third kappa shape index (κ3) is 3.31. The molecule has 1 aliphatic rings. The van der Waals surface area contributed by atoms with Crippen molar-refractivity contribution in [1.29, 1.82) is 0 Å². The van der Waals surface area contributed by atoms with Crippen LogP contribution in [0.3, 0.4) is 0 Å². The Labute approximate surface area is 134 Å². The molecule has 2 heterocycles. The molecule has 2 aromatic rings. The highest BCUT2D eigenvalue weighted by atomic mass is 32.1. The van der Waals surface area contributed by atoms with Crippen molar-refractivity contribution in [1.82, 2.24) is 9.36 Å². The zero-order chi connectivity index (χ0) is 15.4. The summed E-state index contributed by atoms with van der Waals surface area (Å²) in [5.41, 5.74) is 1.20. The highest BCUT2D eigenvalue weighted by molar-refractivity contribution is 7.09. The molecule has 1 aliphatic heterocycles. The van der Waals surface area contributed by atoms with Crippen molar-refractivity contribution in [3.05, 3.63) is 30.1 Å². The Hall–Kier alpha value is -1.86. The fourth-order valence-electron chi connectivity index (χ4n) is 2.52. The maximum absolute atomic E-state index is 5.30. The van der Waals surface area contributed by atoms with Crippen molar-refractivity contribution >= 4 is 22.4 Å². The number of ether oxygens (including phenoxy) is 2. The molecule has 0 aliphatic carbocycles. The molecule has 0 radical (unpaired) electrons. The number of nitrogens with zero attached hydrogens (tertiary/aromatic N) is 4. The number of methoxy groups -OCH3 is 2. The van der Waals surface area contributed by atoms with Crippen LogP contribution in [0.4, 0.5) is 10.8 Å². The average molecular weight is 320 g/mol. The summed E-state index contributed by atoms with van der Waals surface area (Å²) in [6.45, 7) is 4.29. The van der Waals surface area contributed by atoms with E-state index in [2.05, 4.69) is 31.3 Å². The summed E-state index contributed by atoms with van der Waals surface area (Å²) < 4.78 is 14.7. The first-order valence-electron chi connectivity index (χ1n) is 7.25. The van der Waals surface area contributed by atoms with Crippen LogP contribution in [0.5, 0.6) is 5.75 Å². The van der Waals surface area contributed by atoms with Gasteiger partial charge in [-0.15, -0.1) is 0 Å². The molecule has 0 atom stereocenters. The summed E-state index contributed by atoms with van der Waals surface area (Å²) in [6.07, 6.45) is 0. The first-order valence-corrected chi connectivity index (χ1v) is 8.03. The van der Waals surface area contributed by atoms with E-state index in [0.29, 0.717) is 6.61 Å². The molecule has 0 amide bonds. The number of anilines is 2. The Bertz CT molecular complexity index is 611. The summed E-state index contributed by atoms with van der Waals surface area (Å²) in [7, 11) is 3.36. The van der Waals surface area contributed by atoms with Gasteiger partial charge in [-0.25, -0.2) is 4.98 Å². The molecule has 22 heavy (non-hydrogen) atoms. The molecular formula is C15H20N4O2S. The molecule has 1 aromatic carbocycles. The maximum atomic E-state index is 5.30. The molecular weight excluding hydrogens is 300 g/mol. The second-order valence-corrected chi connectivity index (χ2v) is 5.83. The lowest BCUT2D eigenvalue weighted by Gasteiger charge is -2.35. The molecule has 1 fully saturated rings. The fourth-order valence-corrected chi connectivity index (χ4v) is 3.25. The average Bonchev–Trinajstić information content (AvgIpc) is 3.04. The Morgan fingerprint density at radius 3 is 2.64 bits per heavy atom. The van der Waals surface area contributed by atoms with Crippen molar-refractivity contribution in [3.8, 4) is 5.75 Å². The number of piperazine rings is 1. The first kappa shape index (κ1) is 15.1. The maximum Gasteiger partial charge on any atom is 0.205 e. The topological polar surface area (TPSA) is 50.7 Å². The minimum absolute atomic E-state index is 0.472. The van der Waals surface area contributed by atoms with E-state index in [1.807, 2.05) is 12.1 Å². The van der Waals surface area contributed by atoms with E-state index < -0.39 is 0 Å². The van der Waals surface area contributed by atoms with Crippen LogP contribution in [0, 0.1) is 0 Å². The van der Waals surface area contributed by atoms with Gasteiger partial charge in [-0.1, -0.05) is 6.07 Å². The Morgan fingerprint density at radius 2 is 1.91 bits per heavy atom. The van der Waals surface area contributed by atoms with Gasteiger partial charge in [0.25, 0.3) is 0 Å². The monoisotopic (exact) mass is 320 g/mol. The molecule has 0 bridgehead atoms. The van der Waals surface area contributed by atoms with Crippen molar-refractivity contribution in [2.75, 3.05) is 50.2 Å². The van der Waals surface area contributed by atoms with Crippen molar-refractivity contribution < 1.29 is 9.47 Å². The van der Waals surface area contributed by atoms with E-state index in [-0.39, 0.29) is 0 Å². The lowest BCUT2D eigenvalue weighted by atomic mass is 10.2. The molecule has 0 saturated carbocycles. The van der Waals surface area contributed by atoms with Crippen LogP contribution in [-0.4, -0.2) is 49.8 Å². The smallest absolute Gasteiger partial charge is 0.205 e. The van der Waals surface area contributed by atoms with Gasteiger partial charge in [0.15, 0.2) is 5.82 Å². The number of hydrogen-bond acceptors (Lipinski definition) is 7. The van der Waals surface area contributed by atoms with Crippen LogP contribution in [-0.2, 0) is 11.3 Å². The van der Waals surface area contributed by atoms with E-state index in [4.69, 9.17) is 9.47 Å². The van der Waals surface area contributed by atoms with Gasteiger partial charge in [0.2, 0.25) is 5.13 Å². The van der Waals surface area contributed by atoms with Gasteiger partial charge in [0, 0.05) is 56.6 Å². The second kappa shape index (κ2) is 6.93. The highest BCUT2D eigenvalue weighted by Crippen LogP contribution is 2.24. The Morgan fingerprint density at radius 1 is 1.14 bits per heavy atom. The summed E-state index contributed by atoms with van der Waals surface area (Å²) in [5, 5.41) is 0.984. The van der Waals surface area contributed by atoms with Crippen LogP contribution >= 0.6 is 11.5 Å².